The van der Waals surface area contributed by atoms with E-state index in [2.05, 4.69) is 10.6 Å². The number of ether oxygens (including phenoxy) is 2. The van der Waals surface area contributed by atoms with Crippen LogP contribution in [0, 0.1) is 5.92 Å². The zero-order valence-electron chi connectivity index (χ0n) is 18.1. The van der Waals surface area contributed by atoms with Crippen molar-refractivity contribution in [3.05, 3.63) is 64.7 Å². The van der Waals surface area contributed by atoms with Crippen LogP contribution >= 0.6 is 11.6 Å². The molecule has 0 heterocycles. The summed E-state index contributed by atoms with van der Waals surface area (Å²) in [6.07, 6.45) is -0.759. The van der Waals surface area contributed by atoms with Crippen molar-refractivity contribution in [2.75, 3.05) is 7.11 Å². The monoisotopic (exact) mass is 462 g/mol. The number of nitrogens with one attached hydrogen (secondary N) is 2. The van der Waals surface area contributed by atoms with E-state index in [1.807, 2.05) is 30.3 Å². The Balaban J connectivity index is 2.01. The minimum absolute atomic E-state index is 0.00799. The molecule has 0 aromatic heterocycles. The first-order valence-corrected chi connectivity index (χ1v) is 10.4. The maximum Gasteiger partial charge on any atom is 0.408 e. The van der Waals surface area contributed by atoms with Crippen LogP contribution in [0.1, 0.15) is 25.0 Å². The van der Waals surface area contributed by atoms with E-state index in [0.29, 0.717) is 16.3 Å². The second-order valence-corrected chi connectivity index (χ2v) is 7.91. The molecule has 2 amide bonds. The van der Waals surface area contributed by atoms with Crippen LogP contribution in [0.5, 0.6) is 5.75 Å². The molecule has 3 N–H and O–H groups in total. The summed E-state index contributed by atoms with van der Waals surface area (Å²) in [5.41, 5.74) is 1.41. The molecule has 0 aliphatic rings. The molecular formula is C23H27ClN2O6. The van der Waals surface area contributed by atoms with E-state index in [1.54, 1.807) is 32.0 Å². The van der Waals surface area contributed by atoms with Crippen LogP contribution in [0.2, 0.25) is 5.02 Å². The van der Waals surface area contributed by atoms with Crippen LogP contribution in [-0.4, -0.2) is 42.3 Å². The minimum atomic E-state index is -1.21. The SMILES string of the molecule is COc1ccc(C[C@H](NC(=O)[C@H](NC(=O)OCc2ccccc2)C(C)C)C(=O)O)cc1Cl. The Labute approximate surface area is 191 Å². The quantitative estimate of drug-likeness (QED) is 0.498. The summed E-state index contributed by atoms with van der Waals surface area (Å²) in [6.45, 7) is 3.52. The van der Waals surface area contributed by atoms with Crippen molar-refractivity contribution in [2.24, 2.45) is 5.92 Å². The first kappa shape index (κ1) is 25.0. The fraction of sp³-hybridized carbons (Fsp3) is 0.348. The molecule has 2 rings (SSSR count). The highest BCUT2D eigenvalue weighted by Crippen LogP contribution is 2.25. The smallest absolute Gasteiger partial charge is 0.408 e. The van der Waals surface area contributed by atoms with Crippen molar-refractivity contribution in [2.45, 2.75) is 39.0 Å². The van der Waals surface area contributed by atoms with E-state index in [9.17, 15) is 19.5 Å². The molecule has 8 nitrogen and oxygen atoms in total. The van der Waals surface area contributed by atoms with Gasteiger partial charge in [-0.2, -0.15) is 0 Å². The van der Waals surface area contributed by atoms with Crippen molar-refractivity contribution in [3.8, 4) is 5.75 Å². The molecule has 0 spiro atoms. The van der Waals surface area contributed by atoms with E-state index < -0.39 is 30.1 Å². The average molecular weight is 463 g/mol. The van der Waals surface area contributed by atoms with Gasteiger partial charge in [0.05, 0.1) is 12.1 Å². The molecule has 2 atom stereocenters. The first-order valence-electron chi connectivity index (χ1n) is 10.0. The summed E-state index contributed by atoms with van der Waals surface area (Å²) >= 11 is 6.10. The largest absolute Gasteiger partial charge is 0.495 e. The lowest BCUT2D eigenvalue weighted by atomic mass is 10.0. The molecule has 9 heteroatoms. The lowest BCUT2D eigenvalue weighted by Crippen LogP contribution is -2.54. The van der Waals surface area contributed by atoms with Crippen LogP contribution in [-0.2, 0) is 27.4 Å². The molecule has 32 heavy (non-hydrogen) atoms. The van der Waals surface area contributed by atoms with Gasteiger partial charge in [0.25, 0.3) is 0 Å². The zero-order valence-corrected chi connectivity index (χ0v) is 18.9. The third-order valence-corrected chi connectivity index (χ3v) is 5.00. The maximum atomic E-state index is 12.8. The minimum Gasteiger partial charge on any atom is -0.495 e. The van der Waals surface area contributed by atoms with Gasteiger partial charge in [0, 0.05) is 6.42 Å². The number of carboxylic acids is 1. The van der Waals surface area contributed by atoms with E-state index in [0.717, 1.165) is 5.56 Å². The van der Waals surface area contributed by atoms with Crippen molar-refractivity contribution in [1.29, 1.82) is 0 Å². The second-order valence-electron chi connectivity index (χ2n) is 7.50. The lowest BCUT2D eigenvalue weighted by molar-refractivity contribution is -0.142. The van der Waals surface area contributed by atoms with Crippen molar-refractivity contribution >= 4 is 29.6 Å². The van der Waals surface area contributed by atoms with Crippen molar-refractivity contribution < 1.29 is 29.0 Å². The number of carbonyl (C=O) groups is 3. The maximum absolute atomic E-state index is 12.8. The van der Waals surface area contributed by atoms with E-state index in [4.69, 9.17) is 21.1 Å². The third kappa shape index (κ3) is 7.46. The third-order valence-electron chi connectivity index (χ3n) is 4.71. The molecule has 2 aromatic carbocycles. The van der Waals surface area contributed by atoms with Crippen molar-refractivity contribution in [1.82, 2.24) is 10.6 Å². The fourth-order valence-electron chi connectivity index (χ4n) is 2.96. The summed E-state index contributed by atoms with van der Waals surface area (Å²) in [5, 5.41) is 14.9. The highest BCUT2D eigenvalue weighted by atomic mass is 35.5. The molecule has 0 bridgehead atoms. The molecule has 0 fully saturated rings. The average Bonchev–Trinajstić information content (AvgIpc) is 2.76. The van der Waals surface area contributed by atoms with Crippen LogP contribution in [0.25, 0.3) is 0 Å². The number of amides is 2. The predicted molar refractivity (Wildman–Crippen MR) is 120 cm³/mol. The summed E-state index contributed by atoms with van der Waals surface area (Å²) in [6, 6.07) is 11.8. The molecule has 172 valence electrons. The molecule has 0 aliphatic heterocycles. The normalized spacial score (nSPS) is 12.5. The molecular weight excluding hydrogens is 436 g/mol. The van der Waals surface area contributed by atoms with Crippen LogP contribution in [0.3, 0.4) is 0 Å². The highest BCUT2D eigenvalue weighted by Gasteiger charge is 2.29. The second kappa shape index (κ2) is 12.0. The van der Waals surface area contributed by atoms with Gasteiger partial charge in [0.15, 0.2) is 0 Å². The van der Waals surface area contributed by atoms with Gasteiger partial charge >= 0.3 is 12.1 Å². The molecule has 0 saturated heterocycles. The molecule has 0 saturated carbocycles. The fourth-order valence-corrected chi connectivity index (χ4v) is 3.24. The molecule has 0 unspecified atom stereocenters. The van der Waals surface area contributed by atoms with Gasteiger partial charge in [0.2, 0.25) is 5.91 Å². The zero-order chi connectivity index (χ0) is 23.7. The van der Waals surface area contributed by atoms with Crippen LogP contribution < -0.4 is 15.4 Å². The topological polar surface area (TPSA) is 114 Å². The summed E-state index contributed by atoms with van der Waals surface area (Å²) < 4.78 is 10.3. The number of halogens is 1. The Kier molecular flexibility index (Phi) is 9.34. The Morgan fingerprint density at radius 3 is 2.28 bits per heavy atom. The first-order chi connectivity index (χ1) is 15.2. The molecule has 2 aromatic rings. The predicted octanol–water partition coefficient (Wildman–Crippen LogP) is 3.41. The summed E-state index contributed by atoms with van der Waals surface area (Å²) in [5.74, 6) is -1.67. The molecule has 0 radical (unpaired) electrons. The van der Waals surface area contributed by atoms with Crippen LogP contribution in [0.4, 0.5) is 4.79 Å². The highest BCUT2D eigenvalue weighted by molar-refractivity contribution is 6.32. The number of alkyl carbamates (subject to hydrolysis) is 1. The van der Waals surface area contributed by atoms with E-state index in [-0.39, 0.29) is 18.9 Å². The summed E-state index contributed by atoms with van der Waals surface area (Å²) in [4.78, 5) is 36.7. The number of methoxy groups -OCH3 is 1. The Morgan fingerprint density at radius 2 is 1.72 bits per heavy atom. The summed E-state index contributed by atoms with van der Waals surface area (Å²) in [7, 11) is 1.48. The molecule has 0 aliphatic carbocycles. The number of hydrogen-bond acceptors (Lipinski definition) is 5. The van der Waals surface area contributed by atoms with Crippen LogP contribution in [0.15, 0.2) is 48.5 Å². The van der Waals surface area contributed by atoms with E-state index >= 15 is 0 Å². The Hall–Kier alpha value is -3.26. The lowest BCUT2D eigenvalue weighted by Gasteiger charge is -2.24. The number of hydrogen-bond donors (Lipinski definition) is 3. The van der Waals surface area contributed by atoms with Crippen molar-refractivity contribution in [3.63, 3.8) is 0 Å². The number of carbonyl (C=O) groups excluding carboxylic acids is 2. The number of carboxylic acid groups (broad SMARTS) is 1. The van der Waals surface area contributed by atoms with E-state index in [1.165, 1.54) is 7.11 Å². The Bertz CT molecular complexity index is 935. The van der Waals surface area contributed by atoms with Gasteiger partial charge in [-0.25, -0.2) is 9.59 Å². The number of benzene rings is 2. The van der Waals surface area contributed by atoms with Gasteiger partial charge in [-0.3, -0.25) is 4.79 Å². The standard InChI is InChI=1S/C23H27ClN2O6/c1-14(2)20(26-23(30)32-13-15-7-5-4-6-8-15)21(27)25-18(22(28)29)12-16-9-10-19(31-3)17(24)11-16/h4-11,14,18,20H,12-13H2,1-3H3,(H,25,27)(H,26,30)(H,28,29)/t18-,20+/m0/s1. The number of aliphatic carboxylic acids is 1. The number of rotatable bonds is 10. The van der Waals surface area contributed by atoms with Gasteiger partial charge < -0.3 is 25.2 Å². The van der Waals surface area contributed by atoms with Gasteiger partial charge in [0.1, 0.15) is 24.4 Å². The van der Waals surface area contributed by atoms with Gasteiger partial charge in [-0.15, -0.1) is 0 Å². The van der Waals surface area contributed by atoms with Gasteiger partial charge in [-0.05, 0) is 29.2 Å². The van der Waals surface area contributed by atoms with Gasteiger partial charge in [-0.1, -0.05) is 61.8 Å². The Morgan fingerprint density at radius 1 is 1.03 bits per heavy atom.